The summed E-state index contributed by atoms with van der Waals surface area (Å²) in [5.41, 5.74) is 1.79. The van der Waals surface area contributed by atoms with E-state index in [4.69, 9.17) is 9.15 Å². The van der Waals surface area contributed by atoms with Gasteiger partial charge in [-0.15, -0.1) is 0 Å². The van der Waals surface area contributed by atoms with Crippen LogP contribution in [0.15, 0.2) is 71.1 Å². The minimum atomic E-state index is -0.0244. The summed E-state index contributed by atoms with van der Waals surface area (Å²) in [5.74, 6) is 2.37. The maximum atomic E-state index is 12.0. The Balaban J connectivity index is 1.56. The third-order valence-electron chi connectivity index (χ3n) is 3.69. The number of rotatable bonds is 6. The molecule has 4 heteroatoms. The number of nitrogens with one attached hydrogen (secondary N) is 1. The van der Waals surface area contributed by atoms with Crippen molar-refractivity contribution in [1.82, 2.24) is 0 Å². The molecule has 24 heavy (non-hydrogen) atoms. The van der Waals surface area contributed by atoms with Crippen molar-refractivity contribution in [2.24, 2.45) is 0 Å². The first-order valence-corrected chi connectivity index (χ1v) is 7.82. The molecule has 1 amide bonds. The van der Waals surface area contributed by atoms with Crippen molar-refractivity contribution in [3.05, 3.63) is 72.5 Å². The number of amides is 1. The van der Waals surface area contributed by atoms with Crippen LogP contribution in [0, 0.1) is 0 Å². The molecular formula is C20H19NO3. The molecule has 3 aromatic rings. The van der Waals surface area contributed by atoms with E-state index in [0.717, 1.165) is 28.5 Å². The number of carbonyl (C=O) groups is 1. The van der Waals surface area contributed by atoms with Gasteiger partial charge in [-0.2, -0.15) is 0 Å². The topological polar surface area (TPSA) is 51.5 Å². The lowest BCUT2D eigenvalue weighted by molar-refractivity contribution is -0.116. The number of hydrogen-bond acceptors (Lipinski definition) is 3. The summed E-state index contributed by atoms with van der Waals surface area (Å²) in [6, 6.07) is 21.0. The van der Waals surface area contributed by atoms with E-state index in [1.165, 1.54) is 0 Å². The number of hydrogen-bond donors (Lipinski definition) is 1. The van der Waals surface area contributed by atoms with E-state index in [-0.39, 0.29) is 5.91 Å². The van der Waals surface area contributed by atoms with Gasteiger partial charge in [0.2, 0.25) is 5.91 Å². The molecule has 0 spiro atoms. The molecule has 3 rings (SSSR count). The number of carbonyl (C=O) groups excluding carboxylic acids is 1. The quantitative estimate of drug-likeness (QED) is 0.726. The predicted octanol–water partition coefficient (Wildman–Crippen LogP) is 4.53. The Morgan fingerprint density at radius 1 is 1.00 bits per heavy atom. The van der Waals surface area contributed by atoms with E-state index in [1.54, 1.807) is 7.11 Å². The van der Waals surface area contributed by atoms with Crippen molar-refractivity contribution >= 4 is 11.6 Å². The van der Waals surface area contributed by atoms with Crippen molar-refractivity contribution in [1.29, 1.82) is 0 Å². The number of furan rings is 1. The van der Waals surface area contributed by atoms with Crippen LogP contribution in [-0.2, 0) is 11.2 Å². The summed E-state index contributed by atoms with van der Waals surface area (Å²) in [6.07, 6.45) is 0.944. The molecule has 0 saturated heterocycles. The average molecular weight is 321 g/mol. The van der Waals surface area contributed by atoms with Gasteiger partial charge < -0.3 is 14.5 Å². The van der Waals surface area contributed by atoms with E-state index >= 15 is 0 Å². The van der Waals surface area contributed by atoms with E-state index in [9.17, 15) is 4.79 Å². The van der Waals surface area contributed by atoms with Crippen molar-refractivity contribution in [3.63, 3.8) is 0 Å². The molecule has 0 fully saturated rings. The second-order valence-corrected chi connectivity index (χ2v) is 5.41. The number of aryl methyl sites for hydroxylation is 1. The van der Waals surface area contributed by atoms with Crippen molar-refractivity contribution < 1.29 is 13.9 Å². The van der Waals surface area contributed by atoms with Crippen LogP contribution < -0.4 is 10.1 Å². The van der Waals surface area contributed by atoms with Crippen LogP contribution in [0.3, 0.4) is 0 Å². The first kappa shape index (κ1) is 15.9. The van der Waals surface area contributed by atoms with Gasteiger partial charge in [0.25, 0.3) is 0 Å². The molecular weight excluding hydrogens is 302 g/mol. The fourth-order valence-corrected chi connectivity index (χ4v) is 2.40. The summed E-state index contributed by atoms with van der Waals surface area (Å²) >= 11 is 0. The Hall–Kier alpha value is -3.01. The average Bonchev–Trinajstić information content (AvgIpc) is 3.10. The summed E-state index contributed by atoms with van der Waals surface area (Å²) in [4.78, 5) is 12.0. The highest BCUT2D eigenvalue weighted by Crippen LogP contribution is 2.25. The van der Waals surface area contributed by atoms with Gasteiger partial charge in [0, 0.05) is 24.1 Å². The lowest BCUT2D eigenvalue weighted by Crippen LogP contribution is -2.11. The summed E-state index contributed by atoms with van der Waals surface area (Å²) in [7, 11) is 1.64. The molecule has 1 aromatic heterocycles. The Labute approximate surface area is 141 Å². The second kappa shape index (κ2) is 7.51. The molecule has 1 N–H and O–H groups in total. The number of benzene rings is 2. The summed E-state index contributed by atoms with van der Waals surface area (Å²) in [5, 5.41) is 2.87. The molecule has 0 saturated carbocycles. The minimum Gasteiger partial charge on any atom is -0.497 e. The SMILES string of the molecule is COc1ccc(-c2ccc(CCC(=O)Nc3ccccc3)o2)cc1. The van der Waals surface area contributed by atoms with Gasteiger partial charge >= 0.3 is 0 Å². The summed E-state index contributed by atoms with van der Waals surface area (Å²) < 4.78 is 11.0. The lowest BCUT2D eigenvalue weighted by atomic mass is 10.2. The minimum absolute atomic E-state index is 0.0244. The maximum absolute atomic E-state index is 12.0. The van der Waals surface area contributed by atoms with Gasteiger partial charge in [-0.3, -0.25) is 4.79 Å². The Morgan fingerprint density at radius 2 is 1.75 bits per heavy atom. The van der Waals surface area contributed by atoms with Crippen LogP contribution in [0.4, 0.5) is 5.69 Å². The molecule has 0 bridgehead atoms. The van der Waals surface area contributed by atoms with Gasteiger partial charge in [-0.25, -0.2) is 0 Å². The van der Waals surface area contributed by atoms with E-state index < -0.39 is 0 Å². The Morgan fingerprint density at radius 3 is 2.46 bits per heavy atom. The molecule has 0 radical (unpaired) electrons. The molecule has 0 aliphatic rings. The molecule has 0 aliphatic carbocycles. The molecule has 2 aromatic carbocycles. The van der Waals surface area contributed by atoms with Gasteiger partial charge in [0.05, 0.1) is 7.11 Å². The molecule has 4 nitrogen and oxygen atoms in total. The number of para-hydroxylation sites is 1. The largest absolute Gasteiger partial charge is 0.497 e. The third-order valence-corrected chi connectivity index (χ3v) is 3.69. The molecule has 122 valence electrons. The second-order valence-electron chi connectivity index (χ2n) is 5.41. The van der Waals surface area contributed by atoms with Crippen LogP contribution in [0.25, 0.3) is 11.3 Å². The van der Waals surface area contributed by atoms with Gasteiger partial charge in [0.1, 0.15) is 17.3 Å². The zero-order valence-electron chi connectivity index (χ0n) is 13.5. The van der Waals surface area contributed by atoms with Crippen LogP contribution in [0.5, 0.6) is 5.75 Å². The van der Waals surface area contributed by atoms with Crippen LogP contribution in [-0.4, -0.2) is 13.0 Å². The highest BCUT2D eigenvalue weighted by Gasteiger charge is 2.08. The molecule has 0 unspecified atom stereocenters. The number of methoxy groups -OCH3 is 1. The maximum Gasteiger partial charge on any atom is 0.224 e. The summed E-state index contributed by atoms with van der Waals surface area (Å²) in [6.45, 7) is 0. The molecule has 0 atom stereocenters. The predicted molar refractivity (Wildman–Crippen MR) is 94.1 cm³/mol. The Kier molecular flexibility index (Phi) is 4.96. The monoisotopic (exact) mass is 321 g/mol. The Bertz CT molecular complexity index is 791. The van der Waals surface area contributed by atoms with Gasteiger partial charge in [-0.1, -0.05) is 18.2 Å². The number of anilines is 1. The standard InChI is InChI=1S/C20H19NO3/c1-23-17-9-7-15(8-10-17)19-13-11-18(24-19)12-14-20(22)21-16-5-3-2-4-6-16/h2-11,13H,12,14H2,1H3,(H,21,22). The number of ether oxygens (including phenoxy) is 1. The van der Waals surface area contributed by atoms with Crippen LogP contribution in [0.1, 0.15) is 12.2 Å². The van der Waals surface area contributed by atoms with E-state index in [1.807, 2.05) is 66.7 Å². The van der Waals surface area contributed by atoms with Crippen LogP contribution in [0.2, 0.25) is 0 Å². The van der Waals surface area contributed by atoms with Gasteiger partial charge in [-0.05, 0) is 48.5 Å². The van der Waals surface area contributed by atoms with Crippen molar-refractivity contribution in [2.75, 3.05) is 12.4 Å². The highest BCUT2D eigenvalue weighted by molar-refractivity contribution is 5.90. The first-order chi connectivity index (χ1) is 11.7. The highest BCUT2D eigenvalue weighted by atomic mass is 16.5. The zero-order chi connectivity index (χ0) is 16.8. The van der Waals surface area contributed by atoms with E-state index in [0.29, 0.717) is 12.8 Å². The normalized spacial score (nSPS) is 10.4. The molecule has 0 aliphatic heterocycles. The smallest absolute Gasteiger partial charge is 0.224 e. The molecule has 1 heterocycles. The van der Waals surface area contributed by atoms with Crippen molar-refractivity contribution in [3.8, 4) is 17.1 Å². The third kappa shape index (κ3) is 4.04. The lowest BCUT2D eigenvalue weighted by Gasteiger charge is -2.04. The zero-order valence-corrected chi connectivity index (χ0v) is 13.5. The van der Waals surface area contributed by atoms with Crippen molar-refractivity contribution in [2.45, 2.75) is 12.8 Å². The fraction of sp³-hybridized carbons (Fsp3) is 0.150. The van der Waals surface area contributed by atoms with Crippen LogP contribution >= 0.6 is 0 Å². The van der Waals surface area contributed by atoms with Gasteiger partial charge in [0.15, 0.2) is 0 Å². The van der Waals surface area contributed by atoms with E-state index in [2.05, 4.69) is 5.32 Å². The fourth-order valence-electron chi connectivity index (χ4n) is 2.40. The first-order valence-electron chi connectivity index (χ1n) is 7.82.